The lowest BCUT2D eigenvalue weighted by Gasteiger charge is -2.15. The average Bonchev–Trinajstić information content (AvgIpc) is 2.37. The highest BCUT2D eigenvalue weighted by molar-refractivity contribution is 5.54. The van der Waals surface area contributed by atoms with E-state index in [9.17, 15) is 10.1 Å². The summed E-state index contributed by atoms with van der Waals surface area (Å²) >= 11 is 0. The van der Waals surface area contributed by atoms with Crippen LogP contribution in [0.15, 0.2) is 29.8 Å². The molecule has 1 heterocycles. The largest absolute Gasteiger partial charge is 0.381 e. The molecule has 1 aromatic carbocycles. The number of hydrogen-bond donors (Lipinski definition) is 2. The molecule has 0 amide bonds. The van der Waals surface area contributed by atoms with Gasteiger partial charge in [-0.15, -0.1) is 0 Å². The smallest absolute Gasteiger partial charge is 0.271 e. The van der Waals surface area contributed by atoms with Crippen LogP contribution in [0.4, 0.5) is 11.4 Å². The van der Waals surface area contributed by atoms with Crippen LogP contribution in [0, 0.1) is 17.0 Å². The minimum Gasteiger partial charge on any atom is -0.381 e. The predicted octanol–water partition coefficient (Wildman–Crippen LogP) is 2.23. The summed E-state index contributed by atoms with van der Waals surface area (Å²) in [5, 5.41) is 17.3. The van der Waals surface area contributed by atoms with Gasteiger partial charge in [0.2, 0.25) is 0 Å². The van der Waals surface area contributed by atoms with Crippen LogP contribution in [0.2, 0.25) is 0 Å². The molecule has 0 saturated heterocycles. The number of non-ortho nitro benzene ring substituents is 1. The Bertz CT molecular complexity index is 483. The molecule has 0 atom stereocenters. The molecule has 0 aromatic heterocycles. The van der Waals surface area contributed by atoms with E-state index in [-0.39, 0.29) is 10.6 Å². The maximum atomic E-state index is 10.8. The van der Waals surface area contributed by atoms with Gasteiger partial charge in [0.25, 0.3) is 5.69 Å². The SMILES string of the molecule is Cc1cc(NCC2=CCNCC2)cc([N+](=O)[O-])c1. The lowest BCUT2D eigenvalue weighted by Crippen LogP contribution is -2.23. The minimum atomic E-state index is -0.359. The summed E-state index contributed by atoms with van der Waals surface area (Å²) in [6.07, 6.45) is 3.20. The third-order valence-corrected chi connectivity index (χ3v) is 2.95. The van der Waals surface area contributed by atoms with E-state index in [1.165, 1.54) is 5.57 Å². The van der Waals surface area contributed by atoms with Crippen molar-refractivity contribution in [2.45, 2.75) is 13.3 Å². The van der Waals surface area contributed by atoms with Crippen molar-refractivity contribution in [2.75, 3.05) is 25.0 Å². The van der Waals surface area contributed by atoms with Crippen LogP contribution < -0.4 is 10.6 Å². The molecule has 0 spiro atoms. The van der Waals surface area contributed by atoms with Gasteiger partial charge in [0.05, 0.1) is 4.92 Å². The molecular weight excluding hydrogens is 230 g/mol. The quantitative estimate of drug-likeness (QED) is 0.486. The Kier molecular flexibility index (Phi) is 3.94. The van der Waals surface area contributed by atoms with Gasteiger partial charge < -0.3 is 10.6 Å². The summed E-state index contributed by atoms with van der Waals surface area (Å²) in [5.74, 6) is 0. The van der Waals surface area contributed by atoms with Gasteiger partial charge in [-0.3, -0.25) is 10.1 Å². The Hall–Kier alpha value is -1.88. The van der Waals surface area contributed by atoms with Crippen LogP contribution in [0.3, 0.4) is 0 Å². The molecule has 5 heteroatoms. The van der Waals surface area contributed by atoms with E-state index < -0.39 is 0 Å². The summed E-state index contributed by atoms with van der Waals surface area (Å²) in [5.41, 5.74) is 3.18. The van der Waals surface area contributed by atoms with E-state index in [1.807, 2.05) is 13.0 Å². The number of benzene rings is 1. The molecule has 0 radical (unpaired) electrons. The molecule has 0 fully saturated rings. The highest BCUT2D eigenvalue weighted by Gasteiger charge is 2.08. The van der Waals surface area contributed by atoms with Gasteiger partial charge in [-0.05, 0) is 31.5 Å². The number of nitrogens with zero attached hydrogens (tertiary/aromatic N) is 1. The first kappa shape index (κ1) is 12.6. The summed E-state index contributed by atoms with van der Waals surface area (Å²) < 4.78 is 0. The molecule has 1 aliphatic rings. The fraction of sp³-hybridized carbons (Fsp3) is 0.385. The van der Waals surface area contributed by atoms with Crippen LogP contribution in [0.25, 0.3) is 0 Å². The van der Waals surface area contributed by atoms with Gasteiger partial charge in [0, 0.05) is 30.9 Å². The highest BCUT2D eigenvalue weighted by atomic mass is 16.6. The molecule has 2 N–H and O–H groups in total. The van der Waals surface area contributed by atoms with E-state index in [1.54, 1.807) is 12.1 Å². The molecule has 1 aliphatic heterocycles. The molecule has 5 nitrogen and oxygen atoms in total. The Morgan fingerprint density at radius 3 is 2.94 bits per heavy atom. The molecular formula is C13H17N3O2. The number of nitrogens with one attached hydrogen (secondary N) is 2. The maximum Gasteiger partial charge on any atom is 0.271 e. The van der Waals surface area contributed by atoms with E-state index in [2.05, 4.69) is 16.7 Å². The van der Waals surface area contributed by atoms with E-state index >= 15 is 0 Å². The Morgan fingerprint density at radius 1 is 1.44 bits per heavy atom. The van der Waals surface area contributed by atoms with Crippen LogP contribution in [0.1, 0.15) is 12.0 Å². The first-order valence-electron chi connectivity index (χ1n) is 6.04. The first-order valence-corrected chi connectivity index (χ1v) is 6.04. The number of anilines is 1. The van der Waals surface area contributed by atoms with Gasteiger partial charge in [-0.1, -0.05) is 11.6 Å². The first-order chi connectivity index (χ1) is 8.65. The number of nitro groups is 1. The second-order valence-electron chi connectivity index (χ2n) is 4.48. The summed E-state index contributed by atoms with van der Waals surface area (Å²) in [6, 6.07) is 5.08. The lowest BCUT2D eigenvalue weighted by molar-refractivity contribution is -0.384. The van der Waals surface area contributed by atoms with E-state index in [0.717, 1.165) is 37.3 Å². The van der Waals surface area contributed by atoms with Gasteiger partial charge in [-0.25, -0.2) is 0 Å². The molecule has 0 saturated carbocycles. The summed E-state index contributed by atoms with van der Waals surface area (Å²) in [4.78, 5) is 10.4. The van der Waals surface area contributed by atoms with Crippen molar-refractivity contribution >= 4 is 11.4 Å². The third kappa shape index (κ3) is 3.30. The predicted molar refractivity (Wildman–Crippen MR) is 71.9 cm³/mol. The molecule has 0 unspecified atom stereocenters. The molecule has 18 heavy (non-hydrogen) atoms. The van der Waals surface area contributed by atoms with Gasteiger partial charge in [0.15, 0.2) is 0 Å². The van der Waals surface area contributed by atoms with Crippen molar-refractivity contribution < 1.29 is 4.92 Å². The van der Waals surface area contributed by atoms with Gasteiger partial charge in [-0.2, -0.15) is 0 Å². The van der Waals surface area contributed by atoms with E-state index in [0.29, 0.717) is 0 Å². The van der Waals surface area contributed by atoms with Crippen molar-refractivity contribution in [1.29, 1.82) is 0 Å². The van der Waals surface area contributed by atoms with Crippen LogP contribution in [-0.4, -0.2) is 24.6 Å². The van der Waals surface area contributed by atoms with E-state index in [4.69, 9.17) is 0 Å². The monoisotopic (exact) mass is 247 g/mol. The number of nitro benzene ring substituents is 1. The third-order valence-electron chi connectivity index (χ3n) is 2.95. The van der Waals surface area contributed by atoms with Crippen molar-refractivity contribution in [2.24, 2.45) is 0 Å². The molecule has 1 aromatic rings. The second-order valence-corrected chi connectivity index (χ2v) is 4.48. The highest BCUT2D eigenvalue weighted by Crippen LogP contribution is 2.20. The summed E-state index contributed by atoms with van der Waals surface area (Å²) in [7, 11) is 0. The zero-order valence-corrected chi connectivity index (χ0v) is 10.4. The van der Waals surface area contributed by atoms with Crippen LogP contribution in [-0.2, 0) is 0 Å². The molecule has 96 valence electrons. The molecule has 0 aliphatic carbocycles. The lowest BCUT2D eigenvalue weighted by atomic mass is 10.1. The molecule has 2 rings (SSSR count). The Balaban J connectivity index is 2.04. The van der Waals surface area contributed by atoms with Crippen molar-refractivity contribution in [3.63, 3.8) is 0 Å². The van der Waals surface area contributed by atoms with Crippen LogP contribution >= 0.6 is 0 Å². The normalized spacial score (nSPS) is 15.1. The second kappa shape index (κ2) is 5.64. The molecule has 0 bridgehead atoms. The Morgan fingerprint density at radius 2 is 2.28 bits per heavy atom. The standard InChI is InChI=1S/C13H17N3O2/c1-10-6-12(8-13(7-10)16(17)18)15-9-11-2-4-14-5-3-11/h2,6-8,14-15H,3-5,9H2,1H3. The zero-order valence-electron chi connectivity index (χ0n) is 10.4. The fourth-order valence-corrected chi connectivity index (χ4v) is 2.02. The Labute approximate surface area is 106 Å². The summed E-state index contributed by atoms with van der Waals surface area (Å²) in [6.45, 7) is 4.52. The fourth-order valence-electron chi connectivity index (χ4n) is 2.02. The van der Waals surface area contributed by atoms with Gasteiger partial charge in [0.1, 0.15) is 0 Å². The van der Waals surface area contributed by atoms with Gasteiger partial charge >= 0.3 is 0 Å². The minimum absolute atomic E-state index is 0.136. The number of hydrogen-bond acceptors (Lipinski definition) is 4. The average molecular weight is 247 g/mol. The van der Waals surface area contributed by atoms with Crippen molar-refractivity contribution in [1.82, 2.24) is 5.32 Å². The topological polar surface area (TPSA) is 67.2 Å². The zero-order chi connectivity index (χ0) is 13.0. The number of aryl methyl sites for hydroxylation is 1. The van der Waals surface area contributed by atoms with Crippen LogP contribution in [0.5, 0.6) is 0 Å². The van der Waals surface area contributed by atoms with Crippen molar-refractivity contribution in [3.05, 3.63) is 45.5 Å². The number of rotatable bonds is 4. The maximum absolute atomic E-state index is 10.8. The van der Waals surface area contributed by atoms with Crippen molar-refractivity contribution in [3.8, 4) is 0 Å².